The van der Waals surface area contributed by atoms with Crippen molar-refractivity contribution in [2.24, 2.45) is 34.5 Å². The van der Waals surface area contributed by atoms with Crippen LogP contribution < -0.4 is 0 Å². The maximum atomic E-state index is 13.8. The van der Waals surface area contributed by atoms with Crippen LogP contribution in [-0.2, 0) is 28.6 Å². The highest BCUT2D eigenvalue weighted by molar-refractivity contribution is 6.17. The van der Waals surface area contributed by atoms with Crippen LogP contribution in [0.5, 0.6) is 0 Å². The Morgan fingerprint density at radius 2 is 1.24 bits per heavy atom. The zero-order valence-electron chi connectivity index (χ0n) is 19.7. The van der Waals surface area contributed by atoms with Crippen LogP contribution in [0, 0.1) is 34.5 Å². The number of methoxy groups -OCH3 is 2. The van der Waals surface area contributed by atoms with Crippen molar-refractivity contribution in [2.75, 3.05) is 20.8 Å². The van der Waals surface area contributed by atoms with Crippen LogP contribution in [0.4, 0.5) is 0 Å². The molecule has 6 rings (SSSR count). The topological polar surface area (TPSA) is 78.9 Å². The van der Waals surface area contributed by atoms with Crippen LogP contribution in [0.3, 0.4) is 0 Å². The Morgan fingerprint density at radius 1 is 0.765 bits per heavy atom. The third-order valence-electron chi connectivity index (χ3n) is 8.23. The van der Waals surface area contributed by atoms with Crippen LogP contribution in [0.1, 0.15) is 25.0 Å². The molecule has 0 N–H and O–H groups in total. The van der Waals surface area contributed by atoms with E-state index in [2.05, 4.69) is 0 Å². The molecule has 0 spiro atoms. The molecule has 0 amide bonds. The van der Waals surface area contributed by atoms with Gasteiger partial charge in [-0.25, -0.2) is 0 Å². The van der Waals surface area contributed by atoms with Gasteiger partial charge >= 0.3 is 17.9 Å². The highest BCUT2D eigenvalue weighted by Crippen LogP contribution is 2.87. The highest BCUT2D eigenvalue weighted by atomic mass is 16.5. The summed E-state index contributed by atoms with van der Waals surface area (Å²) in [7, 11) is 2.73. The van der Waals surface area contributed by atoms with Crippen molar-refractivity contribution in [1.29, 1.82) is 0 Å². The van der Waals surface area contributed by atoms with Crippen molar-refractivity contribution in [3.63, 3.8) is 0 Å². The van der Waals surface area contributed by atoms with Gasteiger partial charge in [0.2, 0.25) is 0 Å². The molecule has 6 heteroatoms. The summed E-state index contributed by atoms with van der Waals surface area (Å²) in [6, 6.07) is 19.1. The lowest BCUT2D eigenvalue weighted by atomic mass is 9.52. The molecule has 4 bridgehead atoms. The fourth-order valence-corrected chi connectivity index (χ4v) is 7.27. The van der Waals surface area contributed by atoms with E-state index in [9.17, 15) is 14.4 Å². The van der Waals surface area contributed by atoms with Crippen molar-refractivity contribution in [1.82, 2.24) is 0 Å². The number of ether oxygens (including phenoxy) is 3. The number of carbonyl (C=O) groups is 3. The summed E-state index contributed by atoms with van der Waals surface area (Å²) in [4.78, 5) is 40.9. The molecule has 0 heterocycles. The quantitative estimate of drug-likeness (QED) is 0.479. The van der Waals surface area contributed by atoms with E-state index in [1.807, 2.05) is 67.6 Å². The third kappa shape index (κ3) is 2.48. The Labute approximate surface area is 198 Å². The zero-order chi connectivity index (χ0) is 24.3. The summed E-state index contributed by atoms with van der Waals surface area (Å²) in [6.07, 6.45) is 0. The van der Waals surface area contributed by atoms with Gasteiger partial charge in [0.25, 0.3) is 0 Å². The molecule has 2 aromatic rings. The molecule has 4 aliphatic rings. The average molecular weight is 461 g/mol. The van der Waals surface area contributed by atoms with Crippen LogP contribution in [0.2, 0.25) is 0 Å². The largest absolute Gasteiger partial charge is 0.468 e. The lowest BCUT2D eigenvalue weighted by molar-refractivity contribution is -0.168. The van der Waals surface area contributed by atoms with Crippen molar-refractivity contribution in [3.05, 3.63) is 71.8 Å². The minimum absolute atomic E-state index is 0.180. The molecule has 2 fully saturated rings. The van der Waals surface area contributed by atoms with E-state index in [0.717, 1.165) is 16.7 Å². The Balaban J connectivity index is 1.95. The number of benzene rings is 2. The van der Waals surface area contributed by atoms with Crippen molar-refractivity contribution < 1.29 is 28.6 Å². The van der Waals surface area contributed by atoms with Gasteiger partial charge in [-0.05, 0) is 47.0 Å². The van der Waals surface area contributed by atoms with Crippen LogP contribution in [-0.4, -0.2) is 38.7 Å². The maximum absolute atomic E-state index is 13.8. The molecule has 6 nitrogen and oxygen atoms in total. The van der Waals surface area contributed by atoms with Gasteiger partial charge in [0, 0.05) is 0 Å². The maximum Gasteiger partial charge on any atom is 0.317 e. The molecule has 0 aliphatic heterocycles. The van der Waals surface area contributed by atoms with Crippen molar-refractivity contribution >= 4 is 29.1 Å². The standard InChI is InChI=1S/C28H28O6/c1-5-34-24(29)23-22-19-16(2)27(23,25(30)32-3)20(17-12-8-6-9-13-17)21(18-14-10-7-11-15-18)28(19,22)26(31)33-4/h6-16,19,22-23H,5H2,1-4H3/t16-,19+,22?,23-,27-,28+/m0/s1. The van der Waals surface area contributed by atoms with Crippen molar-refractivity contribution in [3.8, 4) is 0 Å². The first kappa shape index (κ1) is 22.4. The van der Waals surface area contributed by atoms with E-state index in [4.69, 9.17) is 14.2 Å². The summed E-state index contributed by atoms with van der Waals surface area (Å²) >= 11 is 0. The number of carbonyl (C=O) groups excluding carboxylic acids is 3. The van der Waals surface area contributed by atoms with Gasteiger partial charge < -0.3 is 14.2 Å². The molecule has 176 valence electrons. The van der Waals surface area contributed by atoms with E-state index in [1.165, 1.54) is 14.2 Å². The van der Waals surface area contributed by atoms with Gasteiger partial charge in [0.05, 0.1) is 26.7 Å². The van der Waals surface area contributed by atoms with Crippen LogP contribution >= 0.6 is 0 Å². The summed E-state index contributed by atoms with van der Waals surface area (Å²) in [5.74, 6) is -3.15. The van der Waals surface area contributed by atoms with E-state index < -0.39 is 34.6 Å². The van der Waals surface area contributed by atoms with Gasteiger partial charge in [-0.3, -0.25) is 14.4 Å². The molecule has 0 saturated heterocycles. The molecular weight excluding hydrogens is 432 g/mol. The van der Waals surface area contributed by atoms with E-state index in [1.54, 1.807) is 6.92 Å². The SMILES string of the molecule is CCOC(=O)[C@@H]1C2[C@H]3[C@H](C)[C@]1(C(=O)OC)C(c1ccccc1)=C(c1ccccc1)[C@@]23C(=O)OC. The number of hydrogen-bond acceptors (Lipinski definition) is 6. The first-order chi connectivity index (χ1) is 16.4. The van der Waals surface area contributed by atoms with Gasteiger partial charge in [-0.2, -0.15) is 0 Å². The first-order valence-corrected chi connectivity index (χ1v) is 11.6. The number of hydrogen-bond donors (Lipinski definition) is 0. The monoisotopic (exact) mass is 460 g/mol. The fraction of sp³-hybridized carbons (Fsp3) is 0.393. The zero-order valence-corrected chi connectivity index (χ0v) is 19.7. The molecule has 2 aromatic carbocycles. The van der Waals surface area contributed by atoms with Crippen LogP contribution in [0.25, 0.3) is 11.1 Å². The normalized spacial score (nSPS) is 32.7. The second-order valence-corrected chi connectivity index (χ2v) is 9.27. The van der Waals surface area contributed by atoms with Crippen LogP contribution in [0.15, 0.2) is 60.7 Å². The Morgan fingerprint density at radius 3 is 1.71 bits per heavy atom. The summed E-state index contributed by atoms with van der Waals surface area (Å²) in [5, 5.41) is 0. The molecule has 0 radical (unpaired) electrons. The van der Waals surface area contributed by atoms with Gasteiger partial charge in [0.1, 0.15) is 10.8 Å². The Bertz CT molecular complexity index is 1190. The second-order valence-electron chi connectivity index (χ2n) is 9.27. The van der Waals surface area contributed by atoms with Crippen molar-refractivity contribution in [2.45, 2.75) is 13.8 Å². The Hall–Kier alpha value is -3.41. The van der Waals surface area contributed by atoms with E-state index in [0.29, 0.717) is 5.57 Å². The predicted octanol–water partition coefficient (Wildman–Crippen LogP) is 4.00. The molecule has 4 aliphatic carbocycles. The van der Waals surface area contributed by atoms with Gasteiger partial charge in [-0.1, -0.05) is 67.6 Å². The first-order valence-electron chi connectivity index (χ1n) is 11.6. The minimum atomic E-state index is -1.28. The summed E-state index contributed by atoms with van der Waals surface area (Å²) in [5.41, 5.74) is 0.714. The third-order valence-corrected chi connectivity index (χ3v) is 8.23. The lowest BCUT2D eigenvalue weighted by Gasteiger charge is -2.49. The van der Waals surface area contributed by atoms with E-state index in [-0.39, 0.29) is 24.4 Å². The lowest BCUT2D eigenvalue weighted by Crippen LogP contribution is -2.54. The highest BCUT2D eigenvalue weighted by Gasteiger charge is 2.91. The second kappa shape index (κ2) is 7.83. The average Bonchev–Trinajstić information content (AvgIpc) is 3.50. The molecule has 0 aromatic heterocycles. The van der Waals surface area contributed by atoms with E-state index >= 15 is 0 Å². The van der Waals surface area contributed by atoms with Gasteiger partial charge in [0.15, 0.2) is 0 Å². The number of rotatable bonds is 6. The number of esters is 3. The molecule has 34 heavy (non-hydrogen) atoms. The smallest absolute Gasteiger partial charge is 0.317 e. The van der Waals surface area contributed by atoms with Gasteiger partial charge in [-0.15, -0.1) is 0 Å². The summed E-state index contributed by atoms with van der Waals surface area (Å²) in [6.45, 7) is 3.87. The summed E-state index contributed by atoms with van der Waals surface area (Å²) < 4.78 is 16.3. The molecule has 1 unspecified atom stereocenters. The minimum Gasteiger partial charge on any atom is -0.468 e. The molecular formula is C28H28O6. The molecule has 6 atom stereocenters. The molecule has 2 saturated carbocycles. The Kier molecular flexibility index (Phi) is 5.15. The fourth-order valence-electron chi connectivity index (χ4n) is 7.27. The predicted molar refractivity (Wildman–Crippen MR) is 125 cm³/mol.